The van der Waals surface area contributed by atoms with Crippen molar-refractivity contribution in [1.29, 1.82) is 0 Å². The lowest BCUT2D eigenvalue weighted by atomic mass is 10.1. The molecule has 1 N–H and O–H groups in total. The van der Waals surface area contributed by atoms with E-state index in [0.717, 1.165) is 16.9 Å². The maximum atomic E-state index is 12.3. The molecule has 0 fully saturated rings. The molecule has 5 heteroatoms. The quantitative estimate of drug-likeness (QED) is 0.848. The van der Waals surface area contributed by atoms with Crippen LogP contribution < -0.4 is 19.5 Å². The van der Waals surface area contributed by atoms with Gasteiger partial charge in [-0.3, -0.25) is 4.79 Å². The Morgan fingerprint density at radius 3 is 2.21 bits per heavy atom. The van der Waals surface area contributed by atoms with Gasteiger partial charge in [-0.15, -0.1) is 0 Å². The summed E-state index contributed by atoms with van der Waals surface area (Å²) in [5.74, 6) is 2.01. The van der Waals surface area contributed by atoms with Gasteiger partial charge < -0.3 is 19.5 Å². The Balaban J connectivity index is 1.99. The maximum Gasteiger partial charge on any atom is 0.224 e. The van der Waals surface area contributed by atoms with Gasteiger partial charge in [-0.1, -0.05) is 18.2 Å². The van der Waals surface area contributed by atoms with Gasteiger partial charge in [0, 0.05) is 0 Å². The van der Waals surface area contributed by atoms with Crippen LogP contribution in [0.1, 0.15) is 24.1 Å². The summed E-state index contributed by atoms with van der Waals surface area (Å²) in [7, 11) is 4.79. The third-order valence-corrected chi connectivity index (χ3v) is 3.81. The third-order valence-electron chi connectivity index (χ3n) is 3.81. The summed E-state index contributed by atoms with van der Waals surface area (Å²) in [5, 5.41) is 3.00. The van der Waals surface area contributed by atoms with E-state index < -0.39 is 0 Å². The average Bonchev–Trinajstić information content (AvgIpc) is 2.61. The van der Waals surface area contributed by atoms with Crippen molar-refractivity contribution in [3.05, 3.63) is 53.6 Å². The van der Waals surface area contributed by atoms with E-state index in [9.17, 15) is 4.79 Å². The molecular weight excluding hydrogens is 306 g/mol. The number of carbonyl (C=O) groups excluding carboxylic acids is 1. The second-order valence-corrected chi connectivity index (χ2v) is 5.43. The van der Waals surface area contributed by atoms with Crippen molar-refractivity contribution in [3.63, 3.8) is 0 Å². The molecule has 0 saturated carbocycles. The molecule has 0 spiro atoms. The molecule has 0 unspecified atom stereocenters. The van der Waals surface area contributed by atoms with Crippen molar-refractivity contribution in [2.24, 2.45) is 0 Å². The van der Waals surface area contributed by atoms with E-state index >= 15 is 0 Å². The van der Waals surface area contributed by atoms with E-state index in [1.54, 1.807) is 27.4 Å². The van der Waals surface area contributed by atoms with Crippen molar-refractivity contribution in [2.45, 2.75) is 19.4 Å². The van der Waals surface area contributed by atoms with Gasteiger partial charge in [-0.25, -0.2) is 0 Å². The Bertz CT molecular complexity index is 682. The Kier molecular flexibility index (Phi) is 6.07. The van der Waals surface area contributed by atoms with Gasteiger partial charge in [0.2, 0.25) is 5.91 Å². The first-order chi connectivity index (χ1) is 11.6. The van der Waals surface area contributed by atoms with Gasteiger partial charge in [0.05, 0.1) is 33.8 Å². The molecule has 1 atom stereocenters. The summed E-state index contributed by atoms with van der Waals surface area (Å²) in [6.45, 7) is 1.95. The standard InChI is InChI=1S/C19H23NO4/c1-13(15-6-8-16(22-2)9-7-15)20-19(21)12-14-5-10-17(23-3)18(11-14)24-4/h5-11,13H,12H2,1-4H3,(H,20,21)/t13-/m1/s1. The number of methoxy groups -OCH3 is 3. The van der Waals surface area contributed by atoms with Crippen LogP contribution in [0.25, 0.3) is 0 Å². The monoisotopic (exact) mass is 329 g/mol. The molecule has 1 amide bonds. The lowest BCUT2D eigenvalue weighted by Crippen LogP contribution is -2.28. The summed E-state index contributed by atoms with van der Waals surface area (Å²) >= 11 is 0. The molecule has 2 rings (SSSR count). The van der Waals surface area contributed by atoms with E-state index in [-0.39, 0.29) is 18.4 Å². The zero-order valence-corrected chi connectivity index (χ0v) is 14.5. The molecule has 0 aliphatic rings. The normalized spacial score (nSPS) is 11.5. The fraction of sp³-hybridized carbons (Fsp3) is 0.316. The number of hydrogen-bond acceptors (Lipinski definition) is 4. The summed E-state index contributed by atoms with van der Waals surface area (Å²) < 4.78 is 15.6. The van der Waals surface area contributed by atoms with Crippen LogP contribution >= 0.6 is 0 Å². The maximum absolute atomic E-state index is 12.3. The Morgan fingerprint density at radius 1 is 0.958 bits per heavy atom. The highest BCUT2D eigenvalue weighted by Gasteiger charge is 2.12. The predicted octanol–water partition coefficient (Wildman–Crippen LogP) is 3.13. The Labute approximate surface area is 142 Å². The minimum Gasteiger partial charge on any atom is -0.497 e. The number of benzene rings is 2. The van der Waals surface area contributed by atoms with Crippen LogP contribution in [0.15, 0.2) is 42.5 Å². The van der Waals surface area contributed by atoms with E-state index in [1.165, 1.54) is 0 Å². The van der Waals surface area contributed by atoms with E-state index in [4.69, 9.17) is 14.2 Å². The summed E-state index contributed by atoms with van der Waals surface area (Å²) in [5.41, 5.74) is 1.89. The molecule has 0 aliphatic heterocycles. The lowest BCUT2D eigenvalue weighted by Gasteiger charge is -2.15. The highest BCUT2D eigenvalue weighted by atomic mass is 16.5. The zero-order chi connectivity index (χ0) is 17.5. The van der Waals surface area contributed by atoms with E-state index in [2.05, 4.69) is 5.32 Å². The first-order valence-electron chi connectivity index (χ1n) is 7.71. The van der Waals surface area contributed by atoms with Gasteiger partial charge in [0.15, 0.2) is 11.5 Å². The number of ether oxygens (including phenoxy) is 3. The zero-order valence-electron chi connectivity index (χ0n) is 14.5. The number of hydrogen-bond donors (Lipinski definition) is 1. The van der Waals surface area contributed by atoms with Gasteiger partial charge in [-0.2, -0.15) is 0 Å². The molecule has 0 radical (unpaired) electrons. The molecule has 128 valence electrons. The molecular formula is C19H23NO4. The van der Waals surface area contributed by atoms with Crippen molar-refractivity contribution >= 4 is 5.91 Å². The van der Waals surface area contributed by atoms with Crippen molar-refractivity contribution in [2.75, 3.05) is 21.3 Å². The first kappa shape index (κ1) is 17.7. The summed E-state index contributed by atoms with van der Waals surface area (Å²) in [6, 6.07) is 13.0. The topological polar surface area (TPSA) is 56.8 Å². The van der Waals surface area contributed by atoms with Crippen LogP contribution in [0.2, 0.25) is 0 Å². The molecule has 0 aliphatic carbocycles. The number of rotatable bonds is 7. The second kappa shape index (κ2) is 8.24. The van der Waals surface area contributed by atoms with Crippen LogP contribution in [-0.4, -0.2) is 27.2 Å². The van der Waals surface area contributed by atoms with Crippen LogP contribution in [-0.2, 0) is 11.2 Å². The largest absolute Gasteiger partial charge is 0.497 e. The van der Waals surface area contributed by atoms with Crippen molar-refractivity contribution in [1.82, 2.24) is 5.32 Å². The number of amides is 1. The minimum atomic E-state index is -0.0800. The molecule has 0 saturated heterocycles. The SMILES string of the molecule is COc1ccc([C@@H](C)NC(=O)Cc2ccc(OC)c(OC)c2)cc1. The average molecular weight is 329 g/mol. The lowest BCUT2D eigenvalue weighted by molar-refractivity contribution is -0.121. The molecule has 0 bridgehead atoms. The molecule has 0 heterocycles. The molecule has 2 aromatic carbocycles. The molecule has 5 nitrogen and oxygen atoms in total. The van der Waals surface area contributed by atoms with Gasteiger partial charge in [0.25, 0.3) is 0 Å². The van der Waals surface area contributed by atoms with Gasteiger partial charge in [-0.05, 0) is 42.3 Å². The smallest absolute Gasteiger partial charge is 0.224 e. The molecule has 2 aromatic rings. The highest BCUT2D eigenvalue weighted by molar-refractivity contribution is 5.79. The Morgan fingerprint density at radius 2 is 1.62 bits per heavy atom. The van der Waals surface area contributed by atoms with E-state index in [1.807, 2.05) is 43.3 Å². The first-order valence-corrected chi connectivity index (χ1v) is 7.71. The molecule has 24 heavy (non-hydrogen) atoms. The fourth-order valence-corrected chi connectivity index (χ4v) is 2.44. The highest BCUT2D eigenvalue weighted by Crippen LogP contribution is 2.27. The fourth-order valence-electron chi connectivity index (χ4n) is 2.44. The number of nitrogens with one attached hydrogen (secondary N) is 1. The van der Waals surface area contributed by atoms with Crippen LogP contribution in [0.4, 0.5) is 0 Å². The van der Waals surface area contributed by atoms with Crippen molar-refractivity contribution < 1.29 is 19.0 Å². The van der Waals surface area contributed by atoms with Crippen molar-refractivity contribution in [3.8, 4) is 17.2 Å². The Hall–Kier alpha value is -2.69. The summed E-state index contributed by atoms with van der Waals surface area (Å²) in [4.78, 5) is 12.3. The summed E-state index contributed by atoms with van der Waals surface area (Å²) in [6.07, 6.45) is 0.279. The minimum absolute atomic E-state index is 0.0504. The predicted molar refractivity (Wildman–Crippen MR) is 92.8 cm³/mol. The third kappa shape index (κ3) is 4.41. The van der Waals surface area contributed by atoms with Gasteiger partial charge >= 0.3 is 0 Å². The van der Waals surface area contributed by atoms with Crippen LogP contribution in [0, 0.1) is 0 Å². The molecule has 0 aromatic heterocycles. The van der Waals surface area contributed by atoms with Crippen LogP contribution in [0.3, 0.4) is 0 Å². The van der Waals surface area contributed by atoms with Gasteiger partial charge in [0.1, 0.15) is 5.75 Å². The van der Waals surface area contributed by atoms with E-state index in [0.29, 0.717) is 11.5 Å². The number of carbonyl (C=O) groups is 1. The second-order valence-electron chi connectivity index (χ2n) is 5.43. The van der Waals surface area contributed by atoms with Crippen LogP contribution in [0.5, 0.6) is 17.2 Å².